The smallest absolute Gasteiger partial charge is 0.278 e. The summed E-state index contributed by atoms with van der Waals surface area (Å²) in [6.45, 7) is 2.94. The summed E-state index contributed by atoms with van der Waals surface area (Å²) in [5.41, 5.74) is 2.49. The third kappa shape index (κ3) is 6.18. The number of carbonyl (C=O) groups excluding carboxylic acids is 1. The van der Waals surface area contributed by atoms with Crippen LogP contribution in [-0.4, -0.2) is 52.4 Å². The van der Waals surface area contributed by atoms with Crippen LogP contribution in [0.5, 0.6) is 5.19 Å². The number of nitrogens with one attached hydrogen (secondary N) is 1. The van der Waals surface area contributed by atoms with Gasteiger partial charge < -0.3 is 10.1 Å². The molecular formula is C27H32F2N4O2S. The molecule has 36 heavy (non-hydrogen) atoms. The van der Waals surface area contributed by atoms with Gasteiger partial charge in [-0.1, -0.05) is 23.5 Å². The third-order valence-corrected chi connectivity index (χ3v) is 8.23. The minimum Gasteiger partial charge on any atom is -0.464 e. The van der Waals surface area contributed by atoms with E-state index in [2.05, 4.69) is 20.2 Å². The number of alkyl halides is 2. The molecule has 1 aliphatic heterocycles. The molecule has 1 fully saturated rings. The predicted molar refractivity (Wildman–Crippen MR) is 137 cm³/mol. The number of nitrogens with zero attached hydrogens (tertiary/aromatic N) is 3. The van der Waals surface area contributed by atoms with Crippen LogP contribution >= 0.6 is 11.3 Å². The number of pyridine rings is 1. The van der Waals surface area contributed by atoms with Crippen molar-refractivity contribution in [3.63, 3.8) is 0 Å². The summed E-state index contributed by atoms with van der Waals surface area (Å²) in [5.74, 6) is -2.22. The van der Waals surface area contributed by atoms with E-state index in [0.29, 0.717) is 16.7 Å². The van der Waals surface area contributed by atoms with Crippen molar-refractivity contribution in [1.29, 1.82) is 0 Å². The number of amides is 1. The Bertz CT molecular complexity index is 1200. The summed E-state index contributed by atoms with van der Waals surface area (Å²) < 4.78 is 31.4. The van der Waals surface area contributed by atoms with E-state index in [1.54, 1.807) is 6.20 Å². The Kier molecular flexibility index (Phi) is 7.48. The summed E-state index contributed by atoms with van der Waals surface area (Å²) in [5, 5.41) is 4.48. The summed E-state index contributed by atoms with van der Waals surface area (Å²) in [6, 6.07) is 9.69. The van der Waals surface area contributed by atoms with Crippen LogP contribution in [0.3, 0.4) is 0 Å². The summed E-state index contributed by atoms with van der Waals surface area (Å²) in [7, 11) is 0. The van der Waals surface area contributed by atoms with Gasteiger partial charge in [-0.25, -0.2) is 13.8 Å². The Hall–Kier alpha value is -2.65. The molecule has 2 aliphatic rings. The lowest BCUT2D eigenvalue weighted by atomic mass is 9.84. The van der Waals surface area contributed by atoms with Crippen LogP contribution < -0.4 is 10.1 Å². The Morgan fingerprint density at radius 2 is 2.06 bits per heavy atom. The van der Waals surface area contributed by atoms with E-state index in [0.717, 1.165) is 86.6 Å². The van der Waals surface area contributed by atoms with Crippen molar-refractivity contribution in [2.75, 3.05) is 19.7 Å². The maximum absolute atomic E-state index is 13.1. The van der Waals surface area contributed by atoms with Crippen LogP contribution in [0.15, 0.2) is 36.5 Å². The minimum atomic E-state index is -2.85. The number of fused-ring (bicyclic) bond motifs is 2. The Labute approximate surface area is 214 Å². The molecule has 1 N–H and O–H groups in total. The molecule has 0 atom stereocenters. The molecule has 3 heterocycles. The maximum atomic E-state index is 13.1. The van der Waals surface area contributed by atoms with Gasteiger partial charge in [-0.05, 0) is 69.2 Å². The second-order valence-corrected chi connectivity index (χ2v) is 11.1. The molecule has 1 aliphatic carbocycles. The average Bonchev–Trinajstić information content (AvgIpc) is 3.29. The van der Waals surface area contributed by atoms with Crippen LogP contribution in [0.25, 0.3) is 10.9 Å². The molecular weight excluding hydrogens is 482 g/mol. The SMILES string of the molecule is CC(F)(F)COc1nc2c(s1)CCN(CCC1CCC(NC(=O)c3cccc4ncccc34)CC1)C2. The van der Waals surface area contributed by atoms with Gasteiger partial charge in [0.1, 0.15) is 0 Å². The van der Waals surface area contributed by atoms with E-state index < -0.39 is 12.5 Å². The number of rotatable bonds is 8. The second-order valence-electron chi connectivity index (χ2n) is 10.1. The quantitative estimate of drug-likeness (QED) is 0.432. The van der Waals surface area contributed by atoms with Gasteiger partial charge in [-0.2, -0.15) is 0 Å². The van der Waals surface area contributed by atoms with Gasteiger partial charge in [0.25, 0.3) is 17.0 Å². The summed E-state index contributed by atoms with van der Waals surface area (Å²) >= 11 is 1.40. The van der Waals surface area contributed by atoms with Gasteiger partial charge in [0.05, 0.1) is 11.2 Å². The van der Waals surface area contributed by atoms with Gasteiger partial charge >= 0.3 is 0 Å². The second kappa shape index (κ2) is 10.8. The first-order valence-electron chi connectivity index (χ1n) is 12.7. The standard InChI is InChI=1S/C27H32F2N4O2S/c1-27(28,29)17-35-26-32-23-16-33(15-12-24(23)36-26)14-11-18-7-9-19(10-8-18)31-25(34)21-4-2-6-22-20(21)5-3-13-30-22/h2-6,13,18-19H,7-12,14-17H2,1H3,(H,31,34). The lowest BCUT2D eigenvalue weighted by Crippen LogP contribution is -2.38. The number of hydrogen-bond acceptors (Lipinski definition) is 6. The zero-order valence-corrected chi connectivity index (χ0v) is 21.3. The number of hydrogen-bond donors (Lipinski definition) is 1. The molecule has 0 unspecified atom stereocenters. The summed E-state index contributed by atoms with van der Waals surface area (Å²) in [6.07, 6.45) is 7.98. The van der Waals surface area contributed by atoms with Crippen LogP contribution in [0.1, 0.15) is 60.0 Å². The minimum absolute atomic E-state index is 0.0181. The number of ether oxygens (including phenoxy) is 1. The normalized spacial score (nSPS) is 20.8. The van der Waals surface area contributed by atoms with Crippen molar-refractivity contribution in [3.05, 3.63) is 52.7 Å². The van der Waals surface area contributed by atoms with E-state index in [9.17, 15) is 13.6 Å². The van der Waals surface area contributed by atoms with Crippen molar-refractivity contribution < 1.29 is 18.3 Å². The average molecular weight is 515 g/mol. The number of benzene rings is 1. The Morgan fingerprint density at radius 1 is 1.22 bits per heavy atom. The Morgan fingerprint density at radius 3 is 2.86 bits per heavy atom. The maximum Gasteiger partial charge on any atom is 0.278 e. The predicted octanol–water partition coefficient (Wildman–Crippen LogP) is 5.46. The molecule has 0 saturated heterocycles. The molecule has 3 aromatic rings. The van der Waals surface area contributed by atoms with E-state index in [-0.39, 0.29) is 11.9 Å². The van der Waals surface area contributed by atoms with Gasteiger partial charge in [-0.15, -0.1) is 0 Å². The highest BCUT2D eigenvalue weighted by Crippen LogP contribution is 2.32. The van der Waals surface area contributed by atoms with Crippen molar-refractivity contribution in [2.24, 2.45) is 5.92 Å². The molecule has 1 amide bonds. The molecule has 0 radical (unpaired) electrons. The molecule has 2 aromatic heterocycles. The number of halogens is 2. The first-order valence-corrected chi connectivity index (χ1v) is 13.5. The van der Waals surface area contributed by atoms with Gasteiger partial charge in [0.2, 0.25) is 0 Å². The number of thiazole rings is 1. The van der Waals surface area contributed by atoms with E-state index in [1.807, 2.05) is 30.3 Å². The van der Waals surface area contributed by atoms with Gasteiger partial charge in [0, 0.05) is 48.1 Å². The Balaban J connectivity index is 1.06. The highest BCUT2D eigenvalue weighted by Gasteiger charge is 2.27. The summed E-state index contributed by atoms with van der Waals surface area (Å²) in [4.78, 5) is 25.3. The lowest BCUT2D eigenvalue weighted by Gasteiger charge is -2.32. The fourth-order valence-corrected chi connectivity index (χ4v) is 6.10. The molecule has 6 nitrogen and oxygen atoms in total. The van der Waals surface area contributed by atoms with E-state index in [1.165, 1.54) is 11.3 Å². The third-order valence-electron chi connectivity index (χ3n) is 7.16. The molecule has 1 saturated carbocycles. The van der Waals surface area contributed by atoms with Crippen LogP contribution in [0.2, 0.25) is 0 Å². The number of carbonyl (C=O) groups is 1. The van der Waals surface area contributed by atoms with Crippen LogP contribution in [0, 0.1) is 5.92 Å². The van der Waals surface area contributed by atoms with Gasteiger partial charge in [0.15, 0.2) is 6.61 Å². The molecule has 192 valence electrons. The highest BCUT2D eigenvalue weighted by atomic mass is 32.1. The van der Waals surface area contributed by atoms with Gasteiger partial charge in [-0.3, -0.25) is 14.7 Å². The zero-order valence-electron chi connectivity index (χ0n) is 20.5. The molecule has 1 aromatic carbocycles. The van der Waals surface area contributed by atoms with Crippen molar-refractivity contribution >= 4 is 28.1 Å². The van der Waals surface area contributed by atoms with Crippen molar-refractivity contribution in [1.82, 2.24) is 20.2 Å². The fraction of sp³-hybridized carbons (Fsp3) is 0.519. The first-order chi connectivity index (χ1) is 17.3. The topological polar surface area (TPSA) is 67.3 Å². The molecule has 5 rings (SSSR count). The van der Waals surface area contributed by atoms with Crippen molar-refractivity contribution in [3.8, 4) is 5.19 Å². The van der Waals surface area contributed by atoms with Crippen LogP contribution in [0.4, 0.5) is 8.78 Å². The lowest BCUT2D eigenvalue weighted by molar-refractivity contribution is -0.0230. The van der Waals surface area contributed by atoms with E-state index in [4.69, 9.17) is 4.74 Å². The van der Waals surface area contributed by atoms with Crippen molar-refractivity contribution in [2.45, 2.75) is 64.0 Å². The van der Waals surface area contributed by atoms with Crippen LogP contribution in [-0.2, 0) is 13.0 Å². The fourth-order valence-electron chi connectivity index (χ4n) is 5.20. The monoisotopic (exact) mass is 514 g/mol. The first kappa shape index (κ1) is 25.0. The largest absolute Gasteiger partial charge is 0.464 e. The molecule has 9 heteroatoms. The van der Waals surface area contributed by atoms with E-state index >= 15 is 0 Å². The highest BCUT2D eigenvalue weighted by molar-refractivity contribution is 7.13. The molecule has 0 spiro atoms. The number of aromatic nitrogens is 2. The zero-order chi connectivity index (χ0) is 25.1. The molecule has 0 bridgehead atoms.